The number of halogens is 1. The Morgan fingerprint density at radius 1 is 1.12 bits per heavy atom. The summed E-state index contributed by atoms with van der Waals surface area (Å²) in [7, 11) is 1.53. The lowest BCUT2D eigenvalue weighted by molar-refractivity contribution is -0.120. The molecule has 2 N–H and O–H groups in total. The van der Waals surface area contributed by atoms with Gasteiger partial charge >= 0.3 is 0 Å². The molecular formula is C18H19ClN2O3. The molecule has 5 nitrogen and oxygen atoms in total. The Labute approximate surface area is 146 Å². The monoisotopic (exact) mass is 346 g/mol. The maximum absolute atomic E-state index is 12.0. The second-order valence-corrected chi connectivity index (χ2v) is 5.74. The summed E-state index contributed by atoms with van der Waals surface area (Å²) in [6.45, 7) is 1.79. The molecule has 126 valence electrons. The van der Waals surface area contributed by atoms with Gasteiger partial charge in [-0.25, -0.2) is 0 Å². The second-order valence-electron chi connectivity index (χ2n) is 5.30. The van der Waals surface area contributed by atoms with Gasteiger partial charge in [-0.05, 0) is 35.4 Å². The molecule has 2 amide bonds. The van der Waals surface area contributed by atoms with E-state index in [4.69, 9.17) is 16.3 Å². The van der Waals surface area contributed by atoms with Crippen LogP contribution in [0.15, 0.2) is 42.5 Å². The number of benzene rings is 2. The van der Waals surface area contributed by atoms with Crippen molar-refractivity contribution in [2.75, 3.05) is 12.4 Å². The minimum atomic E-state index is -0.185. The van der Waals surface area contributed by atoms with Gasteiger partial charge in [-0.1, -0.05) is 29.8 Å². The van der Waals surface area contributed by atoms with Gasteiger partial charge in [-0.2, -0.15) is 0 Å². The average molecular weight is 347 g/mol. The van der Waals surface area contributed by atoms with Crippen molar-refractivity contribution in [3.8, 4) is 5.75 Å². The molecule has 0 heterocycles. The molecule has 0 saturated carbocycles. The highest BCUT2D eigenvalue weighted by molar-refractivity contribution is 6.30. The van der Waals surface area contributed by atoms with Gasteiger partial charge in [-0.3, -0.25) is 9.59 Å². The fourth-order valence-corrected chi connectivity index (χ4v) is 2.46. The molecule has 0 radical (unpaired) electrons. The summed E-state index contributed by atoms with van der Waals surface area (Å²) in [4.78, 5) is 23.3. The molecule has 2 rings (SSSR count). The van der Waals surface area contributed by atoms with Gasteiger partial charge in [0.2, 0.25) is 11.8 Å². The molecular weight excluding hydrogens is 328 g/mol. The zero-order chi connectivity index (χ0) is 17.5. The first-order chi connectivity index (χ1) is 11.5. The van der Waals surface area contributed by atoms with E-state index in [1.807, 2.05) is 18.2 Å². The van der Waals surface area contributed by atoms with Crippen LogP contribution in [0.2, 0.25) is 5.02 Å². The van der Waals surface area contributed by atoms with E-state index in [-0.39, 0.29) is 18.2 Å². The van der Waals surface area contributed by atoms with Gasteiger partial charge < -0.3 is 15.4 Å². The molecule has 0 aromatic heterocycles. The van der Waals surface area contributed by atoms with Gasteiger partial charge in [0.05, 0.1) is 19.2 Å². The predicted molar refractivity (Wildman–Crippen MR) is 94.3 cm³/mol. The summed E-state index contributed by atoms with van der Waals surface area (Å²) >= 11 is 5.91. The van der Waals surface area contributed by atoms with Gasteiger partial charge in [0.15, 0.2) is 0 Å². The van der Waals surface area contributed by atoms with E-state index in [0.717, 1.165) is 11.1 Å². The van der Waals surface area contributed by atoms with Crippen LogP contribution in [0.3, 0.4) is 0 Å². The smallest absolute Gasteiger partial charge is 0.224 e. The van der Waals surface area contributed by atoms with E-state index in [1.165, 1.54) is 14.0 Å². The Kier molecular flexibility index (Phi) is 6.21. The van der Waals surface area contributed by atoms with E-state index in [1.54, 1.807) is 24.3 Å². The van der Waals surface area contributed by atoms with E-state index < -0.39 is 0 Å². The number of rotatable bonds is 6. The molecule has 0 unspecified atom stereocenters. The maximum atomic E-state index is 12.0. The van der Waals surface area contributed by atoms with Crippen LogP contribution in [0.1, 0.15) is 18.1 Å². The van der Waals surface area contributed by atoms with Crippen molar-refractivity contribution in [1.29, 1.82) is 0 Å². The Bertz CT molecular complexity index is 747. The highest BCUT2D eigenvalue weighted by Crippen LogP contribution is 2.25. The van der Waals surface area contributed by atoms with Crippen molar-refractivity contribution >= 4 is 29.1 Å². The number of amides is 2. The zero-order valence-corrected chi connectivity index (χ0v) is 14.3. The Morgan fingerprint density at radius 2 is 1.92 bits per heavy atom. The van der Waals surface area contributed by atoms with Gasteiger partial charge in [0, 0.05) is 18.5 Å². The highest BCUT2D eigenvalue weighted by Gasteiger charge is 2.08. The van der Waals surface area contributed by atoms with E-state index >= 15 is 0 Å². The molecule has 0 atom stereocenters. The van der Waals surface area contributed by atoms with Crippen molar-refractivity contribution in [2.45, 2.75) is 19.9 Å². The van der Waals surface area contributed by atoms with Crippen LogP contribution in [0.25, 0.3) is 0 Å². The minimum Gasteiger partial charge on any atom is -0.495 e. The van der Waals surface area contributed by atoms with E-state index in [9.17, 15) is 9.59 Å². The SMILES string of the molecule is COc1ccc(CNC(=O)Cc2cccc(Cl)c2)cc1NC(C)=O. The number of carbonyl (C=O) groups is 2. The zero-order valence-electron chi connectivity index (χ0n) is 13.6. The Hall–Kier alpha value is -2.53. The number of carbonyl (C=O) groups excluding carboxylic acids is 2. The van der Waals surface area contributed by atoms with Crippen LogP contribution >= 0.6 is 11.6 Å². The molecule has 24 heavy (non-hydrogen) atoms. The molecule has 2 aromatic carbocycles. The standard InChI is InChI=1S/C18H19ClN2O3/c1-12(22)21-16-9-14(6-7-17(16)24-2)11-20-18(23)10-13-4-3-5-15(19)8-13/h3-9H,10-11H2,1-2H3,(H,20,23)(H,21,22). The van der Waals surface area contributed by atoms with Crippen LogP contribution in [0, 0.1) is 0 Å². The van der Waals surface area contributed by atoms with Crippen molar-refractivity contribution in [3.63, 3.8) is 0 Å². The molecule has 2 aromatic rings. The number of hydrogen-bond acceptors (Lipinski definition) is 3. The Balaban J connectivity index is 1.98. The van der Waals surface area contributed by atoms with Crippen molar-refractivity contribution in [1.82, 2.24) is 5.32 Å². The lowest BCUT2D eigenvalue weighted by Crippen LogP contribution is -2.24. The molecule has 0 fully saturated rings. The molecule has 6 heteroatoms. The topological polar surface area (TPSA) is 67.4 Å². The van der Waals surface area contributed by atoms with Crippen molar-refractivity contribution < 1.29 is 14.3 Å². The van der Waals surface area contributed by atoms with Gasteiger partial charge in [-0.15, -0.1) is 0 Å². The summed E-state index contributed by atoms with van der Waals surface area (Å²) in [5.74, 6) is 0.281. The summed E-state index contributed by atoms with van der Waals surface area (Å²) in [6, 6.07) is 12.6. The van der Waals surface area contributed by atoms with Gasteiger partial charge in [0.1, 0.15) is 5.75 Å². The third-order valence-corrected chi connectivity index (χ3v) is 3.55. The average Bonchev–Trinajstić information content (AvgIpc) is 2.52. The third-order valence-electron chi connectivity index (χ3n) is 3.32. The molecule has 0 bridgehead atoms. The summed E-state index contributed by atoms with van der Waals surface area (Å²) < 4.78 is 5.20. The lowest BCUT2D eigenvalue weighted by atomic mass is 10.1. The summed E-state index contributed by atoms with van der Waals surface area (Å²) in [5, 5.41) is 6.16. The number of methoxy groups -OCH3 is 1. The molecule has 0 aliphatic rings. The second kappa shape index (κ2) is 8.36. The number of ether oxygens (including phenoxy) is 1. The summed E-state index contributed by atoms with van der Waals surface area (Å²) in [5.41, 5.74) is 2.29. The number of anilines is 1. The fraction of sp³-hybridized carbons (Fsp3) is 0.222. The third kappa shape index (κ3) is 5.28. The van der Waals surface area contributed by atoms with Crippen LogP contribution < -0.4 is 15.4 Å². The molecule has 0 saturated heterocycles. The number of nitrogens with one attached hydrogen (secondary N) is 2. The van der Waals surface area contributed by atoms with Crippen LogP contribution in [-0.2, 0) is 22.6 Å². The fourth-order valence-electron chi connectivity index (χ4n) is 2.25. The normalized spacial score (nSPS) is 10.1. The first-order valence-corrected chi connectivity index (χ1v) is 7.81. The lowest BCUT2D eigenvalue weighted by Gasteiger charge is -2.12. The molecule has 0 aliphatic heterocycles. The first-order valence-electron chi connectivity index (χ1n) is 7.43. The van der Waals surface area contributed by atoms with E-state index in [2.05, 4.69) is 10.6 Å². The minimum absolute atomic E-state index is 0.103. The molecule has 0 spiro atoms. The van der Waals surface area contributed by atoms with Gasteiger partial charge in [0.25, 0.3) is 0 Å². The van der Waals surface area contributed by atoms with Crippen LogP contribution in [0.4, 0.5) is 5.69 Å². The van der Waals surface area contributed by atoms with E-state index in [0.29, 0.717) is 23.0 Å². The molecule has 0 aliphatic carbocycles. The van der Waals surface area contributed by atoms with Crippen LogP contribution in [0.5, 0.6) is 5.75 Å². The Morgan fingerprint density at radius 3 is 2.58 bits per heavy atom. The quantitative estimate of drug-likeness (QED) is 0.844. The predicted octanol–water partition coefficient (Wildman–Crippen LogP) is 3.17. The largest absolute Gasteiger partial charge is 0.495 e. The highest BCUT2D eigenvalue weighted by atomic mass is 35.5. The van der Waals surface area contributed by atoms with Crippen molar-refractivity contribution in [2.24, 2.45) is 0 Å². The van der Waals surface area contributed by atoms with Crippen LogP contribution in [-0.4, -0.2) is 18.9 Å². The van der Waals surface area contributed by atoms with Crippen molar-refractivity contribution in [3.05, 3.63) is 58.6 Å². The maximum Gasteiger partial charge on any atom is 0.224 e. The number of hydrogen-bond donors (Lipinski definition) is 2. The first kappa shape index (κ1) is 17.8. The summed E-state index contributed by atoms with van der Waals surface area (Å²) in [6.07, 6.45) is 0.259.